The summed E-state index contributed by atoms with van der Waals surface area (Å²) in [7, 11) is 0. The zero-order valence-corrected chi connectivity index (χ0v) is 13.1. The first-order chi connectivity index (χ1) is 10.5. The van der Waals surface area contributed by atoms with Crippen LogP contribution in [0.15, 0.2) is 42.5 Å². The SMILES string of the molecule is Cc1cccc(NC(=S)NNc2ccc(C(=O)O)cc2)c1C. The Kier molecular flexibility index (Phi) is 4.95. The van der Waals surface area contributed by atoms with Gasteiger partial charge in [0.1, 0.15) is 0 Å². The van der Waals surface area contributed by atoms with Crippen molar-refractivity contribution < 1.29 is 9.90 Å². The second kappa shape index (κ2) is 6.91. The molecule has 2 aromatic rings. The highest BCUT2D eigenvalue weighted by molar-refractivity contribution is 7.80. The fourth-order valence-corrected chi connectivity index (χ4v) is 2.03. The van der Waals surface area contributed by atoms with Crippen molar-refractivity contribution in [3.05, 3.63) is 59.2 Å². The number of carboxylic acid groups (broad SMARTS) is 1. The summed E-state index contributed by atoms with van der Waals surface area (Å²) in [5.74, 6) is -0.952. The van der Waals surface area contributed by atoms with Gasteiger partial charge in [0.25, 0.3) is 0 Å². The predicted octanol–water partition coefficient (Wildman–Crippen LogP) is 3.32. The standard InChI is InChI=1S/C16H17N3O2S/c1-10-4-3-5-14(11(10)2)17-16(22)19-18-13-8-6-12(7-9-13)15(20)21/h3-9,18H,1-2H3,(H,20,21)(H2,17,19,22). The first-order valence-corrected chi connectivity index (χ1v) is 7.11. The summed E-state index contributed by atoms with van der Waals surface area (Å²) < 4.78 is 0. The molecule has 0 spiro atoms. The molecule has 0 aliphatic heterocycles. The molecule has 0 aliphatic carbocycles. The number of aryl methyl sites for hydroxylation is 1. The molecule has 0 saturated carbocycles. The van der Waals surface area contributed by atoms with Crippen molar-refractivity contribution in [2.45, 2.75) is 13.8 Å². The zero-order valence-electron chi connectivity index (χ0n) is 12.3. The molecule has 0 aliphatic rings. The summed E-state index contributed by atoms with van der Waals surface area (Å²) in [5.41, 5.74) is 10.0. The van der Waals surface area contributed by atoms with Gasteiger partial charge in [-0.3, -0.25) is 10.9 Å². The molecule has 6 heteroatoms. The van der Waals surface area contributed by atoms with E-state index in [1.54, 1.807) is 12.1 Å². The number of thiocarbonyl (C=S) groups is 1. The van der Waals surface area contributed by atoms with Crippen LogP contribution >= 0.6 is 12.2 Å². The lowest BCUT2D eigenvalue weighted by Gasteiger charge is -2.15. The van der Waals surface area contributed by atoms with E-state index in [-0.39, 0.29) is 5.56 Å². The third-order valence-electron chi connectivity index (χ3n) is 3.31. The number of aromatic carboxylic acids is 1. The van der Waals surface area contributed by atoms with Gasteiger partial charge in [-0.05, 0) is 67.5 Å². The van der Waals surface area contributed by atoms with Gasteiger partial charge in [-0.15, -0.1) is 0 Å². The van der Waals surface area contributed by atoms with Crippen LogP contribution in [0, 0.1) is 13.8 Å². The van der Waals surface area contributed by atoms with Gasteiger partial charge in [0.05, 0.1) is 11.3 Å². The van der Waals surface area contributed by atoms with Crippen molar-refractivity contribution in [3.63, 3.8) is 0 Å². The summed E-state index contributed by atoms with van der Waals surface area (Å²) in [6.45, 7) is 4.07. The first kappa shape index (κ1) is 15.8. The molecule has 0 fully saturated rings. The van der Waals surface area contributed by atoms with Crippen molar-refractivity contribution in [2.24, 2.45) is 0 Å². The van der Waals surface area contributed by atoms with Crippen LogP contribution in [-0.4, -0.2) is 16.2 Å². The molecule has 0 aromatic heterocycles. The molecule has 0 unspecified atom stereocenters. The summed E-state index contributed by atoms with van der Waals surface area (Å²) in [5, 5.41) is 12.4. The van der Waals surface area contributed by atoms with E-state index in [2.05, 4.69) is 16.2 Å². The summed E-state index contributed by atoms with van der Waals surface area (Å²) in [6.07, 6.45) is 0. The molecule has 0 amide bonds. The number of carboxylic acids is 1. The molecule has 0 atom stereocenters. The smallest absolute Gasteiger partial charge is 0.335 e. The molecule has 0 bridgehead atoms. The summed E-state index contributed by atoms with van der Waals surface area (Å²) in [4.78, 5) is 10.8. The molecular formula is C16H17N3O2S. The van der Waals surface area contributed by atoms with E-state index in [0.717, 1.165) is 16.9 Å². The molecule has 5 nitrogen and oxygen atoms in total. The maximum absolute atomic E-state index is 10.8. The van der Waals surface area contributed by atoms with Gasteiger partial charge in [0.2, 0.25) is 0 Å². The highest BCUT2D eigenvalue weighted by Gasteiger charge is 2.04. The van der Waals surface area contributed by atoms with Gasteiger partial charge < -0.3 is 10.4 Å². The highest BCUT2D eigenvalue weighted by atomic mass is 32.1. The van der Waals surface area contributed by atoms with E-state index in [9.17, 15) is 4.79 Å². The summed E-state index contributed by atoms with van der Waals surface area (Å²) >= 11 is 5.23. The van der Waals surface area contributed by atoms with E-state index in [1.165, 1.54) is 17.7 Å². The largest absolute Gasteiger partial charge is 0.478 e. The van der Waals surface area contributed by atoms with E-state index in [4.69, 9.17) is 17.3 Å². The average molecular weight is 315 g/mol. The molecule has 2 aromatic carbocycles. The highest BCUT2D eigenvalue weighted by Crippen LogP contribution is 2.17. The van der Waals surface area contributed by atoms with E-state index in [1.807, 2.05) is 32.0 Å². The second-order valence-corrected chi connectivity index (χ2v) is 5.24. The average Bonchev–Trinajstić information content (AvgIpc) is 2.50. The van der Waals surface area contributed by atoms with Crippen LogP contribution in [0.25, 0.3) is 0 Å². The van der Waals surface area contributed by atoms with Gasteiger partial charge in [0, 0.05) is 5.69 Å². The van der Waals surface area contributed by atoms with Gasteiger partial charge in [0.15, 0.2) is 5.11 Å². The van der Waals surface area contributed by atoms with Gasteiger partial charge >= 0.3 is 5.97 Å². The Morgan fingerprint density at radius 1 is 1.09 bits per heavy atom. The van der Waals surface area contributed by atoms with Gasteiger partial charge in [-0.2, -0.15) is 0 Å². The summed E-state index contributed by atoms with van der Waals surface area (Å²) in [6, 6.07) is 12.3. The number of hydrogen-bond donors (Lipinski definition) is 4. The minimum absolute atomic E-state index is 0.238. The minimum Gasteiger partial charge on any atom is -0.478 e. The topological polar surface area (TPSA) is 73.4 Å². The third-order valence-corrected chi connectivity index (χ3v) is 3.51. The Hall–Kier alpha value is -2.60. The molecule has 114 valence electrons. The molecule has 0 saturated heterocycles. The number of benzene rings is 2. The monoisotopic (exact) mass is 315 g/mol. The lowest BCUT2D eigenvalue weighted by atomic mass is 10.1. The van der Waals surface area contributed by atoms with Crippen molar-refractivity contribution in [3.8, 4) is 0 Å². The number of hydrogen-bond acceptors (Lipinski definition) is 3. The zero-order chi connectivity index (χ0) is 16.1. The Morgan fingerprint density at radius 3 is 2.41 bits per heavy atom. The fourth-order valence-electron chi connectivity index (χ4n) is 1.87. The van der Waals surface area contributed by atoms with Gasteiger partial charge in [-0.1, -0.05) is 12.1 Å². The number of carbonyl (C=O) groups is 1. The van der Waals surface area contributed by atoms with Crippen LogP contribution in [0.2, 0.25) is 0 Å². The van der Waals surface area contributed by atoms with Crippen LogP contribution in [0.4, 0.5) is 11.4 Å². The molecule has 2 rings (SSSR count). The lowest BCUT2D eigenvalue weighted by Crippen LogP contribution is -2.33. The minimum atomic E-state index is -0.952. The number of hydrazine groups is 1. The van der Waals surface area contributed by atoms with Crippen LogP contribution < -0.4 is 16.2 Å². The maximum atomic E-state index is 10.8. The molecule has 0 heterocycles. The second-order valence-electron chi connectivity index (χ2n) is 4.83. The van der Waals surface area contributed by atoms with Crippen molar-refractivity contribution >= 4 is 34.7 Å². The lowest BCUT2D eigenvalue weighted by molar-refractivity contribution is 0.0697. The predicted molar refractivity (Wildman–Crippen MR) is 92.3 cm³/mol. The quantitative estimate of drug-likeness (QED) is 0.512. The van der Waals surface area contributed by atoms with Crippen molar-refractivity contribution in [1.82, 2.24) is 5.43 Å². The maximum Gasteiger partial charge on any atom is 0.335 e. The van der Waals surface area contributed by atoms with Gasteiger partial charge in [-0.25, -0.2) is 4.79 Å². The van der Waals surface area contributed by atoms with E-state index in [0.29, 0.717) is 5.11 Å². The van der Waals surface area contributed by atoms with Crippen LogP contribution in [0.3, 0.4) is 0 Å². The number of rotatable bonds is 4. The molecular weight excluding hydrogens is 298 g/mol. The Bertz CT molecular complexity index is 699. The first-order valence-electron chi connectivity index (χ1n) is 6.70. The van der Waals surface area contributed by atoms with Crippen LogP contribution in [0.1, 0.15) is 21.5 Å². The third kappa shape index (κ3) is 3.95. The molecule has 22 heavy (non-hydrogen) atoms. The van der Waals surface area contributed by atoms with Crippen molar-refractivity contribution in [1.29, 1.82) is 0 Å². The number of nitrogens with one attached hydrogen (secondary N) is 3. The van der Waals surface area contributed by atoms with Crippen molar-refractivity contribution in [2.75, 3.05) is 10.7 Å². The Labute approximate surface area is 134 Å². The molecule has 4 N–H and O–H groups in total. The fraction of sp³-hybridized carbons (Fsp3) is 0.125. The van der Waals surface area contributed by atoms with Crippen LogP contribution in [0.5, 0.6) is 0 Å². The van der Waals surface area contributed by atoms with E-state index < -0.39 is 5.97 Å². The van der Waals surface area contributed by atoms with Crippen LogP contribution in [-0.2, 0) is 0 Å². The normalized spacial score (nSPS) is 9.91. The number of anilines is 2. The molecule has 0 radical (unpaired) electrons. The Balaban J connectivity index is 1.92. The van der Waals surface area contributed by atoms with E-state index >= 15 is 0 Å². The Morgan fingerprint density at radius 2 is 1.77 bits per heavy atom.